The first kappa shape index (κ1) is 22.9. The van der Waals surface area contributed by atoms with Crippen molar-refractivity contribution in [1.29, 1.82) is 0 Å². The maximum atomic E-state index is 12.1. The van der Waals surface area contributed by atoms with Gasteiger partial charge in [0.1, 0.15) is 0 Å². The summed E-state index contributed by atoms with van der Waals surface area (Å²) in [6, 6.07) is 15.2. The Morgan fingerprint density at radius 1 is 1.07 bits per heavy atom. The van der Waals surface area contributed by atoms with Crippen LogP contribution in [0.2, 0.25) is 0 Å². The number of halogens is 1. The lowest BCUT2D eigenvalue weighted by molar-refractivity contribution is -0.120. The summed E-state index contributed by atoms with van der Waals surface area (Å²) < 4.78 is 0. The number of nitrogens with one attached hydrogen (secondary N) is 2. The highest BCUT2D eigenvalue weighted by molar-refractivity contribution is 8.01. The van der Waals surface area contributed by atoms with E-state index in [1.807, 2.05) is 62.4 Å². The van der Waals surface area contributed by atoms with Gasteiger partial charge in [0.15, 0.2) is 0 Å². The SMILES string of the molecule is Cc1ccc(NC(=O)CSC(C)C(=O)NCCc2ccc(N)cc2)cc1.Cl. The van der Waals surface area contributed by atoms with Crippen LogP contribution in [0, 0.1) is 6.92 Å². The van der Waals surface area contributed by atoms with E-state index < -0.39 is 0 Å². The Morgan fingerprint density at radius 3 is 2.33 bits per heavy atom. The van der Waals surface area contributed by atoms with Crippen LogP contribution in [0.25, 0.3) is 0 Å². The molecule has 4 N–H and O–H groups in total. The van der Waals surface area contributed by atoms with Crippen LogP contribution in [0.15, 0.2) is 48.5 Å². The number of nitrogen functional groups attached to an aromatic ring is 1. The molecule has 146 valence electrons. The van der Waals surface area contributed by atoms with Gasteiger partial charge in [-0.1, -0.05) is 29.8 Å². The number of carbonyl (C=O) groups excluding carboxylic acids is 2. The highest BCUT2D eigenvalue weighted by atomic mass is 35.5. The van der Waals surface area contributed by atoms with Gasteiger partial charge in [0, 0.05) is 17.9 Å². The Kier molecular flexibility index (Phi) is 9.75. The number of benzene rings is 2. The second-order valence-electron chi connectivity index (χ2n) is 6.15. The zero-order valence-electron chi connectivity index (χ0n) is 15.5. The van der Waals surface area contributed by atoms with Crippen LogP contribution in [-0.4, -0.2) is 29.4 Å². The largest absolute Gasteiger partial charge is 0.399 e. The fourth-order valence-corrected chi connectivity index (χ4v) is 2.98. The van der Waals surface area contributed by atoms with E-state index in [0.29, 0.717) is 6.54 Å². The summed E-state index contributed by atoms with van der Waals surface area (Å²) in [7, 11) is 0. The third kappa shape index (κ3) is 8.37. The van der Waals surface area contributed by atoms with Crippen LogP contribution in [-0.2, 0) is 16.0 Å². The molecule has 0 heterocycles. The molecule has 0 aliphatic rings. The third-order valence-corrected chi connectivity index (χ3v) is 5.00. The van der Waals surface area contributed by atoms with Gasteiger partial charge in [-0.3, -0.25) is 9.59 Å². The Labute approximate surface area is 170 Å². The first-order valence-electron chi connectivity index (χ1n) is 8.54. The molecule has 2 amide bonds. The van der Waals surface area contributed by atoms with Crippen molar-refractivity contribution in [2.24, 2.45) is 0 Å². The van der Waals surface area contributed by atoms with Gasteiger partial charge in [-0.2, -0.15) is 0 Å². The topological polar surface area (TPSA) is 84.2 Å². The third-order valence-electron chi connectivity index (χ3n) is 3.86. The van der Waals surface area contributed by atoms with Gasteiger partial charge in [0.25, 0.3) is 0 Å². The Balaban J connectivity index is 0.00000364. The van der Waals surface area contributed by atoms with Crippen molar-refractivity contribution >= 4 is 47.4 Å². The highest BCUT2D eigenvalue weighted by Crippen LogP contribution is 2.13. The van der Waals surface area contributed by atoms with Crippen molar-refractivity contribution in [2.75, 3.05) is 23.3 Å². The number of aryl methyl sites for hydroxylation is 1. The molecule has 0 saturated heterocycles. The van der Waals surface area contributed by atoms with E-state index >= 15 is 0 Å². The Bertz CT molecular complexity index is 736. The summed E-state index contributed by atoms with van der Waals surface area (Å²) in [6.45, 7) is 4.36. The predicted octanol–water partition coefficient (Wildman–Crippen LogP) is 3.42. The van der Waals surface area contributed by atoms with Crippen molar-refractivity contribution in [1.82, 2.24) is 5.32 Å². The molecular formula is C20H26ClN3O2S. The molecular weight excluding hydrogens is 382 g/mol. The maximum absolute atomic E-state index is 12.1. The molecule has 0 bridgehead atoms. The number of amides is 2. The summed E-state index contributed by atoms with van der Waals surface area (Å²) in [5.41, 5.74) is 9.41. The van der Waals surface area contributed by atoms with E-state index in [2.05, 4.69) is 10.6 Å². The van der Waals surface area contributed by atoms with Crippen LogP contribution >= 0.6 is 24.2 Å². The minimum absolute atomic E-state index is 0. The number of thioether (sulfide) groups is 1. The zero-order valence-corrected chi connectivity index (χ0v) is 17.2. The number of carbonyl (C=O) groups is 2. The zero-order chi connectivity index (χ0) is 18.9. The number of rotatable bonds is 8. The number of hydrogen-bond acceptors (Lipinski definition) is 4. The average Bonchev–Trinajstić information content (AvgIpc) is 2.63. The fourth-order valence-electron chi connectivity index (χ4n) is 2.27. The molecule has 0 radical (unpaired) electrons. The first-order valence-corrected chi connectivity index (χ1v) is 9.59. The second-order valence-corrected chi connectivity index (χ2v) is 7.48. The molecule has 2 aromatic carbocycles. The monoisotopic (exact) mass is 407 g/mol. The first-order chi connectivity index (χ1) is 12.4. The van der Waals surface area contributed by atoms with E-state index in [1.54, 1.807) is 0 Å². The Hall–Kier alpha value is -2.18. The van der Waals surface area contributed by atoms with Gasteiger partial charge in [0.05, 0.1) is 11.0 Å². The lowest BCUT2D eigenvalue weighted by Gasteiger charge is -2.12. The van der Waals surface area contributed by atoms with Gasteiger partial charge >= 0.3 is 0 Å². The molecule has 0 spiro atoms. The van der Waals surface area contributed by atoms with Crippen LogP contribution in [0.5, 0.6) is 0 Å². The average molecular weight is 408 g/mol. The van der Waals surface area contributed by atoms with E-state index in [0.717, 1.165) is 28.9 Å². The Morgan fingerprint density at radius 2 is 1.70 bits per heavy atom. The summed E-state index contributed by atoms with van der Waals surface area (Å²) in [6.07, 6.45) is 0.747. The second kappa shape index (κ2) is 11.5. The van der Waals surface area contributed by atoms with Crippen molar-refractivity contribution < 1.29 is 9.59 Å². The molecule has 27 heavy (non-hydrogen) atoms. The molecule has 7 heteroatoms. The van der Waals surface area contributed by atoms with Crippen molar-refractivity contribution in [2.45, 2.75) is 25.5 Å². The highest BCUT2D eigenvalue weighted by Gasteiger charge is 2.14. The molecule has 0 aromatic heterocycles. The number of hydrogen-bond donors (Lipinski definition) is 3. The van der Waals surface area contributed by atoms with Gasteiger partial charge in [0.2, 0.25) is 11.8 Å². The van der Waals surface area contributed by atoms with Crippen LogP contribution < -0.4 is 16.4 Å². The molecule has 2 rings (SSSR count). The molecule has 0 fully saturated rings. The van der Waals surface area contributed by atoms with E-state index in [1.165, 1.54) is 11.8 Å². The number of nitrogens with two attached hydrogens (primary N) is 1. The van der Waals surface area contributed by atoms with E-state index in [9.17, 15) is 9.59 Å². The normalized spacial score (nSPS) is 11.2. The van der Waals surface area contributed by atoms with Gasteiger partial charge < -0.3 is 16.4 Å². The fraction of sp³-hybridized carbons (Fsp3) is 0.300. The predicted molar refractivity (Wildman–Crippen MR) is 117 cm³/mol. The van der Waals surface area contributed by atoms with Crippen LogP contribution in [0.4, 0.5) is 11.4 Å². The molecule has 0 saturated carbocycles. The molecule has 5 nitrogen and oxygen atoms in total. The van der Waals surface area contributed by atoms with Crippen LogP contribution in [0.3, 0.4) is 0 Å². The minimum Gasteiger partial charge on any atom is -0.399 e. The minimum atomic E-state index is -0.287. The van der Waals surface area contributed by atoms with Gasteiger partial charge in [-0.25, -0.2) is 0 Å². The summed E-state index contributed by atoms with van der Waals surface area (Å²) in [5.74, 6) is 0.0643. The van der Waals surface area contributed by atoms with Gasteiger partial charge in [-0.15, -0.1) is 24.2 Å². The van der Waals surface area contributed by atoms with Gasteiger partial charge in [-0.05, 0) is 50.1 Å². The smallest absolute Gasteiger partial charge is 0.234 e. The quantitative estimate of drug-likeness (QED) is 0.585. The van der Waals surface area contributed by atoms with Crippen molar-refractivity contribution in [3.8, 4) is 0 Å². The molecule has 2 aromatic rings. The van der Waals surface area contributed by atoms with Crippen LogP contribution in [0.1, 0.15) is 18.1 Å². The summed E-state index contributed by atoms with van der Waals surface area (Å²) in [4.78, 5) is 24.1. The molecule has 0 aliphatic carbocycles. The standard InChI is InChI=1S/C20H25N3O2S.ClH/c1-14-3-9-18(10-4-14)23-19(24)13-26-15(2)20(25)22-12-11-16-5-7-17(21)8-6-16;/h3-10,15H,11-13,21H2,1-2H3,(H,22,25)(H,23,24);1H. The molecule has 1 unspecified atom stereocenters. The lowest BCUT2D eigenvalue weighted by Crippen LogP contribution is -2.33. The maximum Gasteiger partial charge on any atom is 0.234 e. The summed E-state index contributed by atoms with van der Waals surface area (Å²) in [5, 5.41) is 5.45. The lowest BCUT2D eigenvalue weighted by atomic mass is 10.1. The van der Waals surface area contributed by atoms with Crippen molar-refractivity contribution in [3.05, 3.63) is 59.7 Å². The summed E-state index contributed by atoms with van der Waals surface area (Å²) >= 11 is 1.32. The van der Waals surface area contributed by atoms with E-state index in [-0.39, 0.29) is 35.2 Å². The molecule has 0 aliphatic heterocycles. The van der Waals surface area contributed by atoms with Crippen molar-refractivity contribution in [3.63, 3.8) is 0 Å². The molecule has 1 atom stereocenters. The number of anilines is 2. The van der Waals surface area contributed by atoms with E-state index in [4.69, 9.17) is 5.73 Å².